The summed E-state index contributed by atoms with van der Waals surface area (Å²) in [5.41, 5.74) is 3.05. The van der Waals surface area contributed by atoms with Crippen LogP contribution in [0.4, 0.5) is 0 Å². The quantitative estimate of drug-likeness (QED) is 0.375. The van der Waals surface area contributed by atoms with Gasteiger partial charge in [-0.25, -0.2) is 4.57 Å². The first kappa shape index (κ1) is 23.4. The maximum atomic E-state index is 14.1. The van der Waals surface area contributed by atoms with E-state index in [4.69, 9.17) is 9.05 Å². The highest BCUT2D eigenvalue weighted by Crippen LogP contribution is 2.51. The number of benzene rings is 3. The van der Waals surface area contributed by atoms with E-state index in [2.05, 4.69) is 15.7 Å². The van der Waals surface area contributed by atoms with Crippen LogP contribution in [0.3, 0.4) is 0 Å². The van der Waals surface area contributed by atoms with Crippen molar-refractivity contribution in [1.82, 2.24) is 4.90 Å². The van der Waals surface area contributed by atoms with Crippen molar-refractivity contribution in [2.75, 3.05) is 7.05 Å². The zero-order valence-electron chi connectivity index (χ0n) is 19.7. The van der Waals surface area contributed by atoms with E-state index in [-0.39, 0.29) is 12.6 Å². The van der Waals surface area contributed by atoms with Crippen LogP contribution in [0, 0.1) is 5.92 Å². The van der Waals surface area contributed by atoms with Gasteiger partial charge < -0.3 is 19.1 Å². The molecule has 7 heteroatoms. The molecule has 5 rings (SSSR count). The molecule has 0 radical (unpaired) electrons. The Morgan fingerprint density at radius 3 is 2.00 bits per heavy atom. The van der Waals surface area contributed by atoms with Crippen LogP contribution >= 0.6 is 7.75 Å². The highest BCUT2D eigenvalue weighted by atomic mass is 31.2. The number of aliphatic hydroxyl groups excluding tert-OH is 1. The van der Waals surface area contributed by atoms with Gasteiger partial charge in [-0.15, -0.1) is 4.76 Å². The van der Waals surface area contributed by atoms with Crippen LogP contribution in [0.15, 0.2) is 95.8 Å². The zero-order valence-corrected chi connectivity index (χ0v) is 20.6. The number of rotatable bonds is 8. The van der Waals surface area contributed by atoms with E-state index in [1.807, 2.05) is 67.7 Å². The van der Waals surface area contributed by atoms with Crippen LogP contribution < -0.4 is 9.05 Å². The fourth-order valence-corrected chi connectivity index (χ4v) is 5.68. The third kappa shape index (κ3) is 5.67. The minimum absolute atomic E-state index is 0.0102. The smallest absolute Gasteiger partial charge is 0.399 e. The molecule has 0 aromatic heterocycles. The minimum atomic E-state index is -3.95. The van der Waals surface area contributed by atoms with Crippen LogP contribution in [0.2, 0.25) is 0 Å². The topological polar surface area (TPSA) is 71.4 Å². The molecule has 0 spiro atoms. The number of aliphatic hydroxyl groups is 1. The van der Waals surface area contributed by atoms with Crippen LogP contribution in [0.5, 0.6) is 11.5 Å². The second-order valence-electron chi connectivity index (χ2n) is 8.96. The number of amidine groups is 1. The summed E-state index contributed by atoms with van der Waals surface area (Å²) in [4.78, 5) is 2.11. The van der Waals surface area contributed by atoms with Gasteiger partial charge in [0.1, 0.15) is 17.3 Å². The molecule has 1 N–H and O–H groups in total. The molecule has 0 bridgehead atoms. The van der Waals surface area contributed by atoms with Gasteiger partial charge in [-0.05, 0) is 59.7 Å². The predicted octanol–water partition coefficient (Wildman–Crippen LogP) is 6.34. The number of hydrogen-bond donors (Lipinski definition) is 1. The number of nitrogens with zero attached hydrogens (tertiary/aromatic N) is 2. The summed E-state index contributed by atoms with van der Waals surface area (Å²) >= 11 is 0. The van der Waals surface area contributed by atoms with Gasteiger partial charge in [0.15, 0.2) is 0 Å². The Bertz CT molecular complexity index is 1210. The maximum absolute atomic E-state index is 14.1. The van der Waals surface area contributed by atoms with E-state index in [9.17, 15) is 9.67 Å². The van der Waals surface area contributed by atoms with Crippen molar-refractivity contribution in [3.63, 3.8) is 0 Å². The highest BCUT2D eigenvalue weighted by molar-refractivity contribution is 7.53. The van der Waals surface area contributed by atoms with Gasteiger partial charge in [-0.3, -0.25) is 0 Å². The molecule has 1 atom stereocenters. The molecule has 3 aromatic carbocycles. The Balaban J connectivity index is 1.51. The molecule has 35 heavy (non-hydrogen) atoms. The van der Waals surface area contributed by atoms with Crippen molar-refractivity contribution in [1.29, 1.82) is 0 Å². The Morgan fingerprint density at radius 1 is 0.914 bits per heavy atom. The SMILES string of the molecule is CN1/C(=N\P(=O)(Oc2ccccc2)Oc2ccccc2)CC(c2ccc(CO)cc2)=CC1C1CC1. The summed E-state index contributed by atoms with van der Waals surface area (Å²) in [5.74, 6) is 2.08. The van der Waals surface area contributed by atoms with E-state index < -0.39 is 7.75 Å². The van der Waals surface area contributed by atoms with Crippen LogP contribution in [-0.4, -0.2) is 28.9 Å². The van der Waals surface area contributed by atoms with Gasteiger partial charge in [-0.2, -0.15) is 0 Å². The lowest BCUT2D eigenvalue weighted by molar-refractivity contribution is 0.282. The second kappa shape index (κ2) is 10.1. The van der Waals surface area contributed by atoms with Crippen molar-refractivity contribution in [2.45, 2.75) is 31.9 Å². The Hall–Kier alpha value is -3.34. The standard InChI is InChI=1S/C28H29N2O4P/c1-30-27(23-16-17-23)18-24(22-14-12-21(20-31)13-15-22)19-28(30)29-35(32,33-25-8-4-2-5-9-25)34-26-10-6-3-7-11-26/h2-15,18,23,27,31H,16-17,19-20H2,1H3/b29-28-. The van der Waals surface area contributed by atoms with Crippen molar-refractivity contribution >= 4 is 19.2 Å². The fourth-order valence-electron chi connectivity index (χ4n) is 4.29. The van der Waals surface area contributed by atoms with E-state index in [0.717, 1.165) is 29.5 Å². The lowest BCUT2D eigenvalue weighted by Gasteiger charge is -2.35. The molecule has 1 unspecified atom stereocenters. The van der Waals surface area contributed by atoms with Crippen LogP contribution in [0.1, 0.15) is 30.4 Å². The fraction of sp³-hybridized carbons (Fsp3) is 0.250. The number of likely N-dealkylation sites (N-methyl/N-ethyl adjacent to an activating group) is 1. The summed E-state index contributed by atoms with van der Waals surface area (Å²) < 4.78 is 30.6. The summed E-state index contributed by atoms with van der Waals surface area (Å²) in [7, 11) is -1.95. The van der Waals surface area contributed by atoms with E-state index in [1.54, 1.807) is 24.3 Å². The molecule has 6 nitrogen and oxygen atoms in total. The summed E-state index contributed by atoms with van der Waals surface area (Å²) in [6, 6.07) is 26.1. The summed E-state index contributed by atoms with van der Waals surface area (Å²) in [6.45, 7) is 0.0102. The van der Waals surface area contributed by atoms with Gasteiger partial charge in [0.05, 0.1) is 12.6 Å². The van der Waals surface area contributed by atoms with E-state index in [0.29, 0.717) is 29.7 Å². The first-order valence-corrected chi connectivity index (χ1v) is 13.3. The number of hydrogen-bond acceptors (Lipinski definition) is 4. The molecule has 1 saturated carbocycles. The molecule has 1 fully saturated rings. The van der Waals surface area contributed by atoms with Crippen LogP contribution in [0.25, 0.3) is 5.57 Å². The third-order valence-corrected chi connectivity index (χ3v) is 7.71. The Morgan fingerprint density at radius 2 is 1.49 bits per heavy atom. The average Bonchev–Trinajstić information content (AvgIpc) is 3.72. The van der Waals surface area contributed by atoms with E-state index >= 15 is 0 Å². The first-order valence-electron chi connectivity index (χ1n) is 11.9. The maximum Gasteiger partial charge on any atom is 0.564 e. The van der Waals surface area contributed by atoms with Gasteiger partial charge in [-0.1, -0.05) is 66.7 Å². The summed E-state index contributed by atoms with van der Waals surface area (Å²) in [5, 5.41) is 9.41. The van der Waals surface area contributed by atoms with Crippen molar-refractivity contribution in [2.24, 2.45) is 10.7 Å². The minimum Gasteiger partial charge on any atom is -0.399 e. The average molecular weight is 489 g/mol. The van der Waals surface area contributed by atoms with Crippen molar-refractivity contribution < 1.29 is 18.7 Å². The lowest BCUT2D eigenvalue weighted by Crippen LogP contribution is -2.40. The molecule has 0 saturated heterocycles. The predicted molar refractivity (Wildman–Crippen MR) is 138 cm³/mol. The Labute approximate surface area is 206 Å². The van der Waals surface area contributed by atoms with Gasteiger partial charge in [0.2, 0.25) is 0 Å². The Kier molecular flexibility index (Phi) is 6.76. The second-order valence-corrected chi connectivity index (χ2v) is 10.5. The molecule has 1 heterocycles. The molecule has 2 aliphatic rings. The normalized spacial score (nSPS) is 19.4. The van der Waals surface area contributed by atoms with Gasteiger partial charge >= 0.3 is 7.75 Å². The molecule has 1 aliphatic heterocycles. The molecular weight excluding hydrogens is 459 g/mol. The first-order chi connectivity index (χ1) is 17.0. The van der Waals surface area contributed by atoms with Crippen molar-refractivity contribution in [3.05, 3.63) is 102 Å². The van der Waals surface area contributed by atoms with Crippen LogP contribution in [-0.2, 0) is 11.2 Å². The molecule has 0 amide bonds. The molecule has 1 aliphatic carbocycles. The molecular formula is C28H29N2O4P. The third-order valence-electron chi connectivity index (χ3n) is 6.35. The number of para-hydroxylation sites is 2. The van der Waals surface area contributed by atoms with E-state index in [1.165, 1.54) is 0 Å². The van der Waals surface area contributed by atoms with Gasteiger partial charge in [0, 0.05) is 13.5 Å². The van der Waals surface area contributed by atoms with Crippen molar-refractivity contribution in [3.8, 4) is 11.5 Å². The summed E-state index contributed by atoms with van der Waals surface area (Å²) in [6.07, 6.45) is 5.12. The monoisotopic (exact) mass is 488 g/mol. The highest BCUT2D eigenvalue weighted by Gasteiger charge is 2.39. The molecule has 3 aromatic rings. The lowest BCUT2D eigenvalue weighted by atomic mass is 9.93. The molecule has 180 valence electrons. The van der Waals surface area contributed by atoms with Gasteiger partial charge in [0.25, 0.3) is 0 Å². The largest absolute Gasteiger partial charge is 0.564 e. The zero-order chi connectivity index (χ0) is 24.3.